The van der Waals surface area contributed by atoms with Crippen molar-refractivity contribution in [2.24, 2.45) is 5.73 Å². The zero-order valence-corrected chi connectivity index (χ0v) is 10.4. The van der Waals surface area contributed by atoms with Gasteiger partial charge in [-0.25, -0.2) is 8.42 Å². The summed E-state index contributed by atoms with van der Waals surface area (Å²) >= 11 is 3.14. The largest absolute Gasteiger partial charge is 0.368 e. The second-order valence-electron chi connectivity index (χ2n) is 2.80. The Morgan fingerprint density at radius 1 is 1.50 bits per heavy atom. The van der Waals surface area contributed by atoms with E-state index in [1.807, 2.05) is 0 Å². The molecule has 1 amide bonds. The fourth-order valence-corrected chi connectivity index (χ4v) is 2.26. The molecule has 1 aromatic rings. The summed E-state index contributed by atoms with van der Waals surface area (Å²) in [6.07, 6.45) is 0. The first-order chi connectivity index (χ1) is 7.42. The Balaban J connectivity index is 2.74. The van der Waals surface area contributed by atoms with Crippen LogP contribution < -0.4 is 10.6 Å². The highest BCUT2D eigenvalue weighted by molar-refractivity contribution is 9.10. The molecule has 0 aliphatic heterocycles. The Labute approximate surface area is 101 Å². The van der Waals surface area contributed by atoms with Gasteiger partial charge in [-0.05, 0) is 18.2 Å². The number of nitrogens with two attached hydrogens (primary N) is 1. The van der Waals surface area contributed by atoms with Gasteiger partial charge in [0.15, 0.2) is 0 Å². The van der Waals surface area contributed by atoms with Crippen molar-refractivity contribution in [3.05, 3.63) is 28.7 Å². The molecule has 0 unspecified atom stereocenters. The number of carbonyl (C=O) groups is 1. The van der Waals surface area contributed by atoms with Crippen molar-refractivity contribution in [1.82, 2.24) is 4.89 Å². The maximum atomic E-state index is 11.6. The summed E-state index contributed by atoms with van der Waals surface area (Å²) in [5.41, 5.74) is 4.78. The van der Waals surface area contributed by atoms with Crippen molar-refractivity contribution in [3.8, 4) is 0 Å². The van der Waals surface area contributed by atoms with E-state index in [0.717, 1.165) is 0 Å². The number of rotatable bonds is 5. The number of sulfonamides is 1. The first kappa shape index (κ1) is 13.1. The third-order valence-corrected chi connectivity index (χ3v) is 3.19. The van der Waals surface area contributed by atoms with E-state index in [1.54, 1.807) is 17.0 Å². The molecule has 0 radical (unpaired) electrons. The molecule has 0 saturated heterocycles. The van der Waals surface area contributed by atoms with E-state index in [9.17, 15) is 13.2 Å². The molecule has 88 valence electrons. The van der Waals surface area contributed by atoms with Gasteiger partial charge in [-0.1, -0.05) is 26.9 Å². The maximum absolute atomic E-state index is 11.6. The molecule has 0 bridgehead atoms. The van der Waals surface area contributed by atoms with Crippen LogP contribution in [0.1, 0.15) is 0 Å². The molecule has 3 N–H and O–H groups in total. The van der Waals surface area contributed by atoms with E-state index >= 15 is 0 Å². The molecule has 6 nitrogen and oxygen atoms in total. The van der Waals surface area contributed by atoms with Gasteiger partial charge in [-0.2, -0.15) is 0 Å². The minimum atomic E-state index is -3.79. The Morgan fingerprint density at radius 3 is 2.75 bits per heavy atom. The van der Waals surface area contributed by atoms with Crippen LogP contribution in [0.3, 0.4) is 0 Å². The zero-order chi connectivity index (χ0) is 12.2. The van der Waals surface area contributed by atoms with E-state index < -0.39 is 22.5 Å². The molecule has 0 spiro atoms. The van der Waals surface area contributed by atoms with Crippen molar-refractivity contribution >= 4 is 31.9 Å². The third-order valence-electron chi connectivity index (χ3n) is 1.49. The molecule has 0 saturated carbocycles. The topological polar surface area (TPSA) is 98.5 Å². The van der Waals surface area contributed by atoms with Gasteiger partial charge in [0, 0.05) is 4.47 Å². The normalized spacial score (nSPS) is 11.3. The van der Waals surface area contributed by atoms with Crippen LogP contribution in [0.5, 0.6) is 0 Å². The predicted molar refractivity (Wildman–Crippen MR) is 59.6 cm³/mol. The Kier molecular flexibility index (Phi) is 4.42. The summed E-state index contributed by atoms with van der Waals surface area (Å²) in [7, 11) is -3.79. The molecule has 0 aliphatic carbocycles. The van der Waals surface area contributed by atoms with Gasteiger partial charge in [0.25, 0.3) is 10.0 Å². The number of hydrogen-bond donors (Lipinski definition) is 2. The van der Waals surface area contributed by atoms with E-state index in [0.29, 0.717) is 4.47 Å². The lowest BCUT2D eigenvalue weighted by Gasteiger charge is -2.05. The monoisotopic (exact) mass is 308 g/mol. The van der Waals surface area contributed by atoms with Gasteiger partial charge < -0.3 is 5.73 Å². The standard InChI is InChI=1S/C8H9BrN2O4S/c9-6-2-1-3-7(4-6)16(13,14)11-15-5-8(10)12/h1-4,11H,5H2,(H2,10,12). The summed E-state index contributed by atoms with van der Waals surface area (Å²) in [5.74, 6) is -0.767. The highest BCUT2D eigenvalue weighted by Gasteiger charge is 2.14. The van der Waals surface area contributed by atoms with E-state index in [1.165, 1.54) is 12.1 Å². The Hall–Kier alpha value is -0.960. The Bertz CT molecular complexity index is 489. The molecule has 0 fully saturated rings. The van der Waals surface area contributed by atoms with Gasteiger partial charge in [0.2, 0.25) is 5.91 Å². The summed E-state index contributed by atoms with van der Waals surface area (Å²) in [6.45, 7) is -0.521. The number of hydrogen-bond acceptors (Lipinski definition) is 4. The lowest BCUT2D eigenvalue weighted by atomic mass is 10.4. The van der Waals surface area contributed by atoms with Crippen molar-refractivity contribution in [3.63, 3.8) is 0 Å². The molecule has 0 aliphatic rings. The third kappa shape index (κ3) is 3.89. The van der Waals surface area contributed by atoms with Gasteiger partial charge >= 0.3 is 0 Å². The Morgan fingerprint density at radius 2 is 2.19 bits per heavy atom. The van der Waals surface area contributed by atoms with Crippen LogP contribution in [-0.2, 0) is 19.7 Å². The molecule has 0 aromatic heterocycles. The van der Waals surface area contributed by atoms with Crippen LogP contribution in [0.15, 0.2) is 33.6 Å². The molecule has 1 aromatic carbocycles. The lowest BCUT2D eigenvalue weighted by molar-refractivity contribution is -0.123. The van der Waals surface area contributed by atoms with Crippen molar-refractivity contribution < 1.29 is 18.0 Å². The second-order valence-corrected chi connectivity index (χ2v) is 5.36. The highest BCUT2D eigenvalue weighted by atomic mass is 79.9. The molecule has 0 atom stereocenters. The zero-order valence-electron chi connectivity index (χ0n) is 8.01. The van der Waals surface area contributed by atoms with Crippen LogP contribution in [0.4, 0.5) is 0 Å². The van der Waals surface area contributed by atoms with Gasteiger partial charge in [0.05, 0.1) is 4.90 Å². The molecule has 16 heavy (non-hydrogen) atoms. The van der Waals surface area contributed by atoms with E-state index in [4.69, 9.17) is 5.73 Å². The van der Waals surface area contributed by atoms with Crippen LogP contribution in [0.25, 0.3) is 0 Å². The van der Waals surface area contributed by atoms with Crippen LogP contribution in [0.2, 0.25) is 0 Å². The molecule has 8 heteroatoms. The minimum absolute atomic E-state index is 0.0198. The summed E-state index contributed by atoms with van der Waals surface area (Å²) in [5, 5.41) is 0. The maximum Gasteiger partial charge on any atom is 0.262 e. The molecular formula is C8H9BrN2O4S. The van der Waals surface area contributed by atoms with Crippen LogP contribution >= 0.6 is 15.9 Å². The van der Waals surface area contributed by atoms with Gasteiger partial charge in [-0.15, -0.1) is 0 Å². The fraction of sp³-hybridized carbons (Fsp3) is 0.125. The molecule has 1 rings (SSSR count). The van der Waals surface area contributed by atoms with E-state index in [2.05, 4.69) is 20.8 Å². The van der Waals surface area contributed by atoms with Crippen molar-refractivity contribution in [2.45, 2.75) is 4.90 Å². The first-order valence-corrected chi connectivity index (χ1v) is 6.37. The number of benzene rings is 1. The number of halogens is 1. The number of carbonyl (C=O) groups excluding carboxylic acids is 1. The first-order valence-electron chi connectivity index (χ1n) is 4.09. The summed E-state index contributed by atoms with van der Waals surface area (Å²) in [4.78, 5) is 16.6. The quantitative estimate of drug-likeness (QED) is 0.756. The average Bonchev–Trinajstić information content (AvgIpc) is 2.16. The predicted octanol–water partition coefficient (Wildman–Crippen LogP) is 0.144. The fourth-order valence-electron chi connectivity index (χ4n) is 0.860. The van der Waals surface area contributed by atoms with Crippen LogP contribution in [0, 0.1) is 0 Å². The number of primary amides is 1. The summed E-state index contributed by atoms with van der Waals surface area (Å²) in [6, 6.07) is 6.03. The SMILES string of the molecule is NC(=O)CONS(=O)(=O)c1cccc(Br)c1. The van der Waals surface area contributed by atoms with E-state index in [-0.39, 0.29) is 4.90 Å². The van der Waals surface area contributed by atoms with Crippen molar-refractivity contribution in [2.75, 3.05) is 6.61 Å². The highest BCUT2D eigenvalue weighted by Crippen LogP contribution is 2.15. The van der Waals surface area contributed by atoms with Gasteiger partial charge in [-0.3, -0.25) is 9.63 Å². The van der Waals surface area contributed by atoms with Crippen LogP contribution in [-0.4, -0.2) is 20.9 Å². The van der Waals surface area contributed by atoms with Crippen molar-refractivity contribution in [1.29, 1.82) is 0 Å². The number of amides is 1. The minimum Gasteiger partial charge on any atom is -0.368 e. The second kappa shape index (κ2) is 5.39. The lowest BCUT2D eigenvalue weighted by Crippen LogP contribution is -2.29. The molecular weight excluding hydrogens is 300 g/mol. The number of nitrogens with one attached hydrogen (secondary N) is 1. The molecule has 0 heterocycles. The van der Waals surface area contributed by atoms with Gasteiger partial charge in [0.1, 0.15) is 6.61 Å². The smallest absolute Gasteiger partial charge is 0.262 e. The average molecular weight is 309 g/mol. The summed E-state index contributed by atoms with van der Waals surface area (Å²) < 4.78 is 23.7.